The summed E-state index contributed by atoms with van der Waals surface area (Å²) in [7, 11) is 0. The van der Waals surface area contributed by atoms with Crippen molar-refractivity contribution in [2.45, 2.75) is 38.1 Å². The molecule has 2 aromatic heterocycles. The summed E-state index contributed by atoms with van der Waals surface area (Å²) < 4.78 is 6.00. The quantitative estimate of drug-likeness (QED) is 0.861. The summed E-state index contributed by atoms with van der Waals surface area (Å²) in [4.78, 5) is 13.4. The lowest BCUT2D eigenvalue weighted by molar-refractivity contribution is 0.0929. The first-order valence-corrected chi connectivity index (χ1v) is 8.58. The van der Waals surface area contributed by atoms with Gasteiger partial charge in [-0.25, -0.2) is 0 Å². The second-order valence-electron chi connectivity index (χ2n) is 5.18. The Bertz CT molecular complexity index is 646. The van der Waals surface area contributed by atoms with Crippen LogP contribution < -0.4 is 11.1 Å². The zero-order valence-corrected chi connectivity index (χ0v) is 13.8. The number of carbonyl (C=O) groups excluding carboxylic acids is 1. The monoisotopic (exact) mass is 369 g/mol. The first kappa shape index (κ1) is 14.6. The molecule has 0 aliphatic heterocycles. The van der Waals surface area contributed by atoms with Gasteiger partial charge in [-0.3, -0.25) is 4.79 Å². The third-order valence-corrected chi connectivity index (χ3v) is 5.32. The highest BCUT2D eigenvalue weighted by Gasteiger charge is 2.25. The minimum atomic E-state index is -0.194. The summed E-state index contributed by atoms with van der Waals surface area (Å²) in [6.45, 7) is 0. The molecule has 1 aliphatic rings. The fraction of sp³-hybridized carbons (Fsp3) is 0.429. The van der Waals surface area contributed by atoms with E-state index in [1.165, 1.54) is 17.8 Å². The number of aromatic nitrogens is 1. The zero-order chi connectivity index (χ0) is 14.8. The molecule has 2 aromatic rings. The maximum Gasteiger partial charge on any atom is 0.259 e. The minimum Gasteiger partial charge on any atom is -0.367 e. The Hall–Kier alpha value is -1.34. The van der Waals surface area contributed by atoms with E-state index in [1.54, 1.807) is 0 Å². The van der Waals surface area contributed by atoms with Crippen molar-refractivity contribution in [1.29, 1.82) is 0 Å². The van der Waals surface area contributed by atoms with Gasteiger partial charge in [0.05, 0.1) is 8.66 Å². The molecule has 21 heavy (non-hydrogen) atoms. The molecule has 1 fully saturated rings. The normalized spacial score (nSPS) is 16.0. The van der Waals surface area contributed by atoms with Gasteiger partial charge in [-0.15, -0.1) is 11.3 Å². The van der Waals surface area contributed by atoms with Crippen LogP contribution in [-0.4, -0.2) is 17.1 Å². The van der Waals surface area contributed by atoms with Crippen molar-refractivity contribution in [2.75, 3.05) is 5.73 Å². The average Bonchev–Trinajstić information content (AvgIpc) is 3.06. The number of nitrogen functional groups attached to an aromatic ring is 1. The maximum absolute atomic E-state index is 12.5. The van der Waals surface area contributed by atoms with Gasteiger partial charge in [0, 0.05) is 6.04 Å². The van der Waals surface area contributed by atoms with E-state index in [2.05, 4.69) is 26.4 Å². The van der Waals surface area contributed by atoms with E-state index in [0.29, 0.717) is 11.3 Å². The number of rotatable bonds is 3. The number of nitrogens with zero attached hydrogens (tertiary/aromatic N) is 1. The van der Waals surface area contributed by atoms with Gasteiger partial charge in [-0.2, -0.15) is 0 Å². The van der Waals surface area contributed by atoms with Gasteiger partial charge in [-0.05, 0) is 40.9 Å². The summed E-state index contributed by atoms with van der Waals surface area (Å²) in [5.41, 5.74) is 6.65. The molecular formula is C14H16BrN3O2S. The lowest BCUT2D eigenvalue weighted by atomic mass is 9.95. The van der Waals surface area contributed by atoms with Gasteiger partial charge < -0.3 is 15.6 Å². The molecule has 5 nitrogen and oxygen atoms in total. The van der Waals surface area contributed by atoms with Crippen LogP contribution in [0.1, 0.15) is 42.5 Å². The lowest BCUT2D eigenvalue weighted by Gasteiger charge is -2.22. The Kier molecular flexibility index (Phi) is 4.30. The van der Waals surface area contributed by atoms with Crippen LogP contribution in [0, 0.1) is 0 Å². The van der Waals surface area contributed by atoms with Gasteiger partial charge >= 0.3 is 0 Å². The summed E-state index contributed by atoms with van der Waals surface area (Å²) in [6.07, 6.45) is 5.62. The van der Waals surface area contributed by atoms with E-state index >= 15 is 0 Å². The van der Waals surface area contributed by atoms with E-state index in [-0.39, 0.29) is 17.8 Å². The molecule has 2 heterocycles. The average molecular weight is 370 g/mol. The van der Waals surface area contributed by atoms with Crippen LogP contribution in [0.25, 0.3) is 10.6 Å². The molecule has 0 bridgehead atoms. The number of nitrogens with two attached hydrogens (primary N) is 1. The minimum absolute atomic E-state index is 0.0721. The lowest BCUT2D eigenvalue weighted by Crippen LogP contribution is -2.36. The van der Waals surface area contributed by atoms with E-state index in [9.17, 15) is 4.79 Å². The predicted molar refractivity (Wildman–Crippen MR) is 86.3 cm³/mol. The molecule has 3 N–H and O–H groups in total. The first-order valence-electron chi connectivity index (χ1n) is 6.97. The van der Waals surface area contributed by atoms with Gasteiger partial charge in [0.2, 0.25) is 5.88 Å². The van der Waals surface area contributed by atoms with E-state index < -0.39 is 0 Å². The van der Waals surface area contributed by atoms with Gasteiger partial charge in [0.15, 0.2) is 0 Å². The Morgan fingerprint density at radius 3 is 2.81 bits per heavy atom. The Balaban J connectivity index is 1.84. The molecule has 0 unspecified atom stereocenters. The number of anilines is 1. The number of hydrogen-bond acceptors (Lipinski definition) is 5. The van der Waals surface area contributed by atoms with E-state index in [1.807, 2.05) is 12.1 Å². The summed E-state index contributed by atoms with van der Waals surface area (Å²) >= 11 is 4.90. The number of thiophene rings is 1. The van der Waals surface area contributed by atoms with Crippen LogP contribution in [-0.2, 0) is 0 Å². The highest BCUT2D eigenvalue weighted by atomic mass is 79.9. The Morgan fingerprint density at radius 2 is 2.14 bits per heavy atom. The molecule has 0 radical (unpaired) electrons. The molecule has 1 amide bonds. The topological polar surface area (TPSA) is 81.2 Å². The fourth-order valence-electron chi connectivity index (χ4n) is 2.64. The summed E-state index contributed by atoms with van der Waals surface area (Å²) in [5.74, 6) is -0.122. The first-order chi connectivity index (χ1) is 10.1. The van der Waals surface area contributed by atoms with Crippen LogP contribution in [0.5, 0.6) is 0 Å². The summed E-state index contributed by atoms with van der Waals surface area (Å²) in [5, 5.41) is 7.00. The number of nitrogens with one attached hydrogen (secondary N) is 1. The van der Waals surface area contributed by atoms with Crippen LogP contribution in [0.2, 0.25) is 0 Å². The molecule has 0 spiro atoms. The van der Waals surface area contributed by atoms with Crippen LogP contribution in [0.15, 0.2) is 20.4 Å². The number of hydrogen-bond donors (Lipinski definition) is 2. The van der Waals surface area contributed by atoms with Crippen LogP contribution >= 0.6 is 27.3 Å². The molecular weight excluding hydrogens is 354 g/mol. The third kappa shape index (κ3) is 3.13. The van der Waals surface area contributed by atoms with Crippen molar-refractivity contribution in [3.05, 3.63) is 21.5 Å². The predicted octanol–water partition coefficient (Wildman–Crippen LogP) is 3.81. The van der Waals surface area contributed by atoms with E-state index in [0.717, 1.165) is 34.3 Å². The second-order valence-corrected chi connectivity index (χ2v) is 7.65. The molecule has 0 saturated heterocycles. The molecule has 1 aliphatic carbocycles. The van der Waals surface area contributed by atoms with Crippen molar-refractivity contribution >= 4 is 39.1 Å². The molecule has 112 valence electrons. The summed E-state index contributed by atoms with van der Waals surface area (Å²) in [6, 6.07) is 4.03. The highest BCUT2D eigenvalue weighted by Crippen LogP contribution is 2.34. The van der Waals surface area contributed by atoms with Crippen molar-refractivity contribution in [3.63, 3.8) is 0 Å². The van der Waals surface area contributed by atoms with Crippen molar-refractivity contribution in [1.82, 2.24) is 10.5 Å². The molecule has 0 atom stereocenters. The van der Waals surface area contributed by atoms with Gasteiger partial charge in [-0.1, -0.05) is 24.4 Å². The SMILES string of the molecule is Nc1onc(-c2ccc(Br)s2)c1C(=O)NC1CCCCC1. The molecule has 0 aromatic carbocycles. The number of carbonyl (C=O) groups is 1. The Morgan fingerprint density at radius 1 is 1.38 bits per heavy atom. The molecule has 3 rings (SSSR count). The van der Waals surface area contributed by atoms with Crippen molar-refractivity contribution in [3.8, 4) is 10.6 Å². The van der Waals surface area contributed by atoms with Gasteiger partial charge in [0.1, 0.15) is 11.3 Å². The highest BCUT2D eigenvalue weighted by molar-refractivity contribution is 9.11. The van der Waals surface area contributed by atoms with E-state index in [4.69, 9.17) is 10.3 Å². The van der Waals surface area contributed by atoms with Crippen LogP contribution in [0.4, 0.5) is 5.88 Å². The van der Waals surface area contributed by atoms with Gasteiger partial charge in [0.25, 0.3) is 5.91 Å². The van der Waals surface area contributed by atoms with Crippen molar-refractivity contribution in [2.24, 2.45) is 0 Å². The smallest absolute Gasteiger partial charge is 0.259 e. The van der Waals surface area contributed by atoms with Crippen molar-refractivity contribution < 1.29 is 9.32 Å². The third-order valence-electron chi connectivity index (χ3n) is 3.69. The van der Waals surface area contributed by atoms with Crippen LogP contribution in [0.3, 0.4) is 0 Å². The number of amides is 1. The zero-order valence-electron chi connectivity index (χ0n) is 11.4. The number of halogens is 1. The molecule has 7 heteroatoms. The maximum atomic E-state index is 12.5. The largest absolute Gasteiger partial charge is 0.367 e. The Labute approximate surface area is 135 Å². The molecule has 1 saturated carbocycles. The standard InChI is InChI=1S/C14H16BrN3O2S/c15-10-7-6-9(21-10)12-11(13(16)20-18-12)14(19)17-8-4-2-1-3-5-8/h6-8H,1-5,16H2,(H,17,19). The second kappa shape index (κ2) is 6.19. The fourth-order valence-corrected chi connectivity index (χ4v) is 4.01.